The molecule has 0 aliphatic heterocycles. The van der Waals surface area contributed by atoms with Crippen molar-refractivity contribution in [2.45, 2.75) is 0 Å². The maximum absolute atomic E-state index is 12.8. The molecule has 2 N–H and O–H groups in total. The minimum absolute atomic E-state index is 0.252. The lowest BCUT2D eigenvalue weighted by atomic mass is 10.1. The number of fused-ring (bicyclic) bond motifs is 2. The van der Waals surface area contributed by atoms with Gasteiger partial charge in [0.1, 0.15) is 11.8 Å². The van der Waals surface area contributed by atoms with E-state index in [1.807, 2.05) is 66.3 Å². The Bertz CT molecular complexity index is 1420. The molecular formula is C21H15N5O. The normalized spacial score (nSPS) is 11.3. The van der Waals surface area contributed by atoms with Gasteiger partial charge in [0.15, 0.2) is 0 Å². The number of nitrogens with one attached hydrogen (secondary N) is 2. The van der Waals surface area contributed by atoms with Crippen LogP contribution in [0.4, 0.5) is 0 Å². The van der Waals surface area contributed by atoms with Gasteiger partial charge in [-0.15, -0.1) is 0 Å². The molecule has 0 saturated heterocycles. The molecule has 0 aliphatic carbocycles. The third kappa shape index (κ3) is 2.09. The van der Waals surface area contributed by atoms with Gasteiger partial charge in [-0.25, -0.2) is 4.79 Å². The van der Waals surface area contributed by atoms with E-state index < -0.39 is 0 Å². The molecule has 5 aromatic rings. The molecular weight excluding hydrogens is 338 g/mol. The number of aromatic nitrogens is 4. The van der Waals surface area contributed by atoms with Crippen molar-refractivity contribution >= 4 is 21.8 Å². The second-order valence-electron chi connectivity index (χ2n) is 6.49. The molecule has 0 spiro atoms. The Balaban J connectivity index is 1.91. The highest BCUT2D eigenvalue weighted by atomic mass is 16.1. The summed E-state index contributed by atoms with van der Waals surface area (Å²) in [5, 5.41) is 11.6. The SMILES string of the molecule is Cn1cc(-c2c(C#N)[nH]c(=O)n2-c2c[nH]c3ccccc23)c2ccccc21. The fourth-order valence-corrected chi connectivity index (χ4v) is 3.77. The molecule has 27 heavy (non-hydrogen) atoms. The molecule has 0 radical (unpaired) electrons. The van der Waals surface area contributed by atoms with Gasteiger partial charge in [-0.1, -0.05) is 36.4 Å². The van der Waals surface area contributed by atoms with Crippen molar-refractivity contribution in [1.82, 2.24) is 19.1 Å². The topological polar surface area (TPSA) is 82.3 Å². The second-order valence-corrected chi connectivity index (χ2v) is 6.49. The molecule has 2 aromatic carbocycles. The fraction of sp³-hybridized carbons (Fsp3) is 0.0476. The van der Waals surface area contributed by atoms with Crippen molar-refractivity contribution in [2.75, 3.05) is 0 Å². The summed E-state index contributed by atoms with van der Waals surface area (Å²) < 4.78 is 3.59. The molecule has 6 nitrogen and oxygen atoms in total. The van der Waals surface area contributed by atoms with Crippen molar-refractivity contribution in [3.05, 3.63) is 77.1 Å². The molecule has 0 saturated carbocycles. The lowest BCUT2D eigenvalue weighted by Gasteiger charge is -2.06. The largest absolute Gasteiger partial charge is 0.359 e. The van der Waals surface area contributed by atoms with Gasteiger partial charge in [0, 0.05) is 46.8 Å². The molecule has 0 aliphatic rings. The van der Waals surface area contributed by atoms with Crippen molar-refractivity contribution in [2.24, 2.45) is 7.05 Å². The fourth-order valence-electron chi connectivity index (χ4n) is 3.77. The van der Waals surface area contributed by atoms with Crippen LogP contribution in [0, 0.1) is 11.3 Å². The summed E-state index contributed by atoms with van der Waals surface area (Å²) in [6.07, 6.45) is 3.76. The molecule has 0 amide bonds. The quantitative estimate of drug-likeness (QED) is 0.507. The number of imidazole rings is 1. The second kappa shape index (κ2) is 5.51. The monoisotopic (exact) mass is 353 g/mol. The van der Waals surface area contributed by atoms with Crippen molar-refractivity contribution in [3.63, 3.8) is 0 Å². The number of nitriles is 1. The summed E-state index contributed by atoms with van der Waals surface area (Å²) in [7, 11) is 1.96. The maximum atomic E-state index is 12.8. The number of aromatic amines is 2. The number of aryl methyl sites for hydroxylation is 1. The van der Waals surface area contributed by atoms with E-state index in [0.29, 0.717) is 5.69 Å². The van der Waals surface area contributed by atoms with Crippen LogP contribution in [-0.2, 0) is 7.05 Å². The number of nitrogens with zero attached hydrogens (tertiary/aromatic N) is 3. The van der Waals surface area contributed by atoms with E-state index in [9.17, 15) is 10.1 Å². The van der Waals surface area contributed by atoms with Crippen LogP contribution in [-0.4, -0.2) is 19.1 Å². The third-order valence-corrected chi connectivity index (χ3v) is 4.97. The van der Waals surface area contributed by atoms with E-state index >= 15 is 0 Å². The van der Waals surface area contributed by atoms with E-state index in [1.54, 1.807) is 10.8 Å². The van der Waals surface area contributed by atoms with Gasteiger partial charge < -0.3 is 9.55 Å². The highest BCUT2D eigenvalue weighted by Crippen LogP contribution is 2.34. The first-order valence-corrected chi connectivity index (χ1v) is 8.55. The first kappa shape index (κ1) is 15.3. The first-order valence-electron chi connectivity index (χ1n) is 8.55. The number of hydrogen-bond acceptors (Lipinski definition) is 2. The van der Waals surface area contributed by atoms with Crippen LogP contribution in [0.1, 0.15) is 5.69 Å². The van der Waals surface area contributed by atoms with Crippen LogP contribution >= 0.6 is 0 Å². The standard InChI is InChI=1S/C21H15N5O/c1-25-12-15(13-6-3-5-9-18(13)25)20-17(10-22)24-21(27)26(20)19-11-23-16-8-4-2-7-14(16)19/h2-9,11-12,23H,1H3,(H,24,27). The number of benzene rings is 2. The zero-order valence-corrected chi connectivity index (χ0v) is 14.5. The smallest absolute Gasteiger partial charge is 0.331 e. The van der Waals surface area contributed by atoms with E-state index in [2.05, 4.69) is 16.0 Å². The Kier molecular flexibility index (Phi) is 3.12. The Morgan fingerprint density at radius 2 is 1.78 bits per heavy atom. The maximum Gasteiger partial charge on any atom is 0.331 e. The predicted octanol–water partition coefficient (Wildman–Crippen LogP) is 3.68. The van der Waals surface area contributed by atoms with Crippen LogP contribution in [0.15, 0.2) is 65.7 Å². The highest BCUT2D eigenvalue weighted by molar-refractivity contribution is 5.97. The minimum Gasteiger partial charge on any atom is -0.359 e. The van der Waals surface area contributed by atoms with Crippen molar-refractivity contribution in [3.8, 4) is 23.0 Å². The van der Waals surface area contributed by atoms with E-state index in [0.717, 1.165) is 33.1 Å². The Labute approximate surface area is 153 Å². The van der Waals surface area contributed by atoms with Crippen LogP contribution in [0.3, 0.4) is 0 Å². The summed E-state index contributed by atoms with van der Waals surface area (Å²) in [4.78, 5) is 18.7. The number of H-pyrrole nitrogens is 2. The van der Waals surface area contributed by atoms with Gasteiger partial charge in [0.2, 0.25) is 0 Å². The molecule has 6 heteroatoms. The molecule has 3 aromatic heterocycles. The van der Waals surface area contributed by atoms with E-state index in [1.165, 1.54) is 0 Å². The van der Waals surface area contributed by atoms with Crippen LogP contribution in [0.25, 0.3) is 38.8 Å². The molecule has 0 unspecified atom stereocenters. The molecule has 0 atom stereocenters. The zero-order chi connectivity index (χ0) is 18.5. The van der Waals surface area contributed by atoms with Crippen molar-refractivity contribution in [1.29, 1.82) is 5.26 Å². The Morgan fingerprint density at radius 3 is 2.59 bits per heavy atom. The molecule has 130 valence electrons. The summed E-state index contributed by atoms with van der Waals surface area (Å²) in [5.41, 5.74) is 4.02. The van der Waals surface area contributed by atoms with Crippen LogP contribution < -0.4 is 5.69 Å². The lowest BCUT2D eigenvalue weighted by Crippen LogP contribution is -2.15. The number of para-hydroxylation sites is 2. The van der Waals surface area contributed by atoms with Crippen LogP contribution in [0.2, 0.25) is 0 Å². The summed E-state index contributed by atoms with van der Waals surface area (Å²) >= 11 is 0. The van der Waals surface area contributed by atoms with Gasteiger partial charge in [-0.05, 0) is 12.1 Å². The van der Waals surface area contributed by atoms with E-state index in [-0.39, 0.29) is 11.4 Å². The van der Waals surface area contributed by atoms with E-state index in [4.69, 9.17) is 0 Å². The predicted molar refractivity (Wildman–Crippen MR) is 105 cm³/mol. The number of rotatable bonds is 2. The molecule has 3 heterocycles. The molecule has 0 bridgehead atoms. The summed E-state index contributed by atoms with van der Waals surface area (Å²) in [6.45, 7) is 0. The third-order valence-electron chi connectivity index (χ3n) is 4.97. The first-order chi connectivity index (χ1) is 13.2. The molecule has 0 fully saturated rings. The lowest BCUT2D eigenvalue weighted by molar-refractivity contribution is 0.964. The van der Waals surface area contributed by atoms with Gasteiger partial charge in [-0.3, -0.25) is 9.55 Å². The van der Waals surface area contributed by atoms with Gasteiger partial charge in [-0.2, -0.15) is 5.26 Å². The average Bonchev–Trinajstić information content (AvgIpc) is 3.35. The number of hydrogen-bond donors (Lipinski definition) is 2. The average molecular weight is 353 g/mol. The molecule has 5 rings (SSSR count). The zero-order valence-electron chi connectivity index (χ0n) is 14.5. The minimum atomic E-state index is -0.334. The van der Waals surface area contributed by atoms with Gasteiger partial charge in [0.25, 0.3) is 0 Å². The van der Waals surface area contributed by atoms with Crippen molar-refractivity contribution < 1.29 is 0 Å². The van der Waals surface area contributed by atoms with Gasteiger partial charge in [0.05, 0.1) is 11.4 Å². The van der Waals surface area contributed by atoms with Crippen LogP contribution in [0.5, 0.6) is 0 Å². The Hall–Kier alpha value is -3.98. The highest BCUT2D eigenvalue weighted by Gasteiger charge is 2.22. The summed E-state index contributed by atoms with van der Waals surface area (Å²) in [5.74, 6) is 0. The van der Waals surface area contributed by atoms with Gasteiger partial charge >= 0.3 is 5.69 Å². The summed E-state index contributed by atoms with van der Waals surface area (Å²) in [6, 6.07) is 17.9. The Morgan fingerprint density at radius 1 is 1.04 bits per heavy atom.